The fraction of sp³-hybridized carbons (Fsp3) is 0.333. The van der Waals surface area contributed by atoms with Gasteiger partial charge in [-0.3, -0.25) is 0 Å². The molecule has 0 fully saturated rings. The minimum Gasteiger partial charge on any atom is -0.348 e. The number of imidazole rings is 1. The van der Waals surface area contributed by atoms with Gasteiger partial charge in [-0.2, -0.15) is 0 Å². The molecule has 0 aliphatic rings. The molecule has 0 unspecified atom stereocenters. The van der Waals surface area contributed by atoms with E-state index in [2.05, 4.69) is 20.3 Å². The van der Waals surface area contributed by atoms with Crippen LogP contribution >= 0.6 is 11.3 Å². The number of hydrogen-bond acceptors (Lipinski definition) is 4. The molecule has 0 bridgehead atoms. The summed E-state index contributed by atoms with van der Waals surface area (Å²) >= 11 is 1.62. The third kappa shape index (κ3) is 2.18. The molecule has 0 amide bonds. The average molecular weight is 208 g/mol. The van der Waals surface area contributed by atoms with Gasteiger partial charge in [-0.15, -0.1) is 11.3 Å². The number of rotatable bonds is 4. The van der Waals surface area contributed by atoms with E-state index in [1.165, 1.54) is 0 Å². The first-order valence-corrected chi connectivity index (χ1v) is 5.37. The number of nitrogens with zero attached hydrogens (tertiary/aromatic N) is 2. The van der Waals surface area contributed by atoms with Gasteiger partial charge in [0.05, 0.1) is 23.2 Å². The van der Waals surface area contributed by atoms with E-state index in [4.69, 9.17) is 0 Å². The van der Waals surface area contributed by atoms with Crippen LogP contribution in [0, 0.1) is 6.92 Å². The van der Waals surface area contributed by atoms with Crippen LogP contribution in [0.15, 0.2) is 17.2 Å². The number of aryl methyl sites for hydroxylation is 1. The van der Waals surface area contributed by atoms with Crippen molar-refractivity contribution >= 4 is 11.3 Å². The van der Waals surface area contributed by atoms with Gasteiger partial charge in [0, 0.05) is 24.2 Å². The maximum absolute atomic E-state index is 4.20. The quantitative estimate of drug-likeness (QED) is 0.800. The minimum atomic E-state index is 0.785. The second kappa shape index (κ2) is 4.34. The third-order valence-electron chi connectivity index (χ3n) is 2.02. The Kier molecular flexibility index (Phi) is 2.90. The molecule has 0 radical (unpaired) electrons. The molecule has 74 valence electrons. The van der Waals surface area contributed by atoms with Gasteiger partial charge in [0.25, 0.3) is 0 Å². The minimum absolute atomic E-state index is 0.785. The van der Waals surface area contributed by atoms with Gasteiger partial charge in [0.1, 0.15) is 0 Å². The zero-order valence-corrected chi connectivity index (χ0v) is 8.77. The van der Waals surface area contributed by atoms with Gasteiger partial charge in [0.2, 0.25) is 0 Å². The SMILES string of the molecule is Cc1[nH]cnc1CNCc1cscn1. The third-order valence-corrected chi connectivity index (χ3v) is 2.65. The normalized spacial score (nSPS) is 10.6. The Bertz CT molecular complexity index is 379. The smallest absolute Gasteiger partial charge is 0.0925 e. The number of hydrogen-bond donors (Lipinski definition) is 2. The van der Waals surface area contributed by atoms with Crippen LogP contribution in [0.1, 0.15) is 17.1 Å². The molecule has 4 nitrogen and oxygen atoms in total. The Morgan fingerprint density at radius 2 is 2.36 bits per heavy atom. The van der Waals surface area contributed by atoms with E-state index in [0.717, 1.165) is 30.2 Å². The fourth-order valence-electron chi connectivity index (χ4n) is 1.20. The van der Waals surface area contributed by atoms with Crippen LogP contribution in [0.25, 0.3) is 0 Å². The molecule has 0 aliphatic carbocycles. The molecule has 0 spiro atoms. The predicted octanol–water partition coefficient (Wildman–Crippen LogP) is 1.46. The zero-order chi connectivity index (χ0) is 9.80. The van der Waals surface area contributed by atoms with Crippen molar-refractivity contribution in [1.82, 2.24) is 20.3 Å². The number of aromatic nitrogens is 3. The van der Waals surface area contributed by atoms with Crippen LogP contribution < -0.4 is 5.32 Å². The van der Waals surface area contributed by atoms with Gasteiger partial charge in [-0.25, -0.2) is 9.97 Å². The van der Waals surface area contributed by atoms with Gasteiger partial charge in [-0.05, 0) is 6.92 Å². The average Bonchev–Trinajstić information content (AvgIpc) is 2.78. The Morgan fingerprint density at radius 3 is 3.00 bits per heavy atom. The van der Waals surface area contributed by atoms with Crippen molar-refractivity contribution in [2.24, 2.45) is 0 Å². The lowest BCUT2D eigenvalue weighted by Gasteiger charge is -2.00. The van der Waals surface area contributed by atoms with E-state index >= 15 is 0 Å². The van der Waals surface area contributed by atoms with Crippen LogP contribution in [0.5, 0.6) is 0 Å². The molecular weight excluding hydrogens is 196 g/mol. The molecule has 0 aromatic carbocycles. The van der Waals surface area contributed by atoms with Gasteiger partial charge in [0.15, 0.2) is 0 Å². The van der Waals surface area contributed by atoms with Crippen LogP contribution in [0.4, 0.5) is 0 Å². The summed E-state index contributed by atoms with van der Waals surface area (Å²) in [5, 5.41) is 5.34. The Morgan fingerprint density at radius 1 is 1.43 bits per heavy atom. The Labute approximate surface area is 86.4 Å². The second-order valence-corrected chi connectivity index (χ2v) is 3.78. The molecule has 2 rings (SSSR count). The maximum Gasteiger partial charge on any atom is 0.0925 e. The molecule has 0 aliphatic heterocycles. The second-order valence-electron chi connectivity index (χ2n) is 3.06. The molecule has 0 saturated heterocycles. The molecular formula is C9H12N4S. The van der Waals surface area contributed by atoms with Crippen molar-refractivity contribution in [3.05, 3.63) is 34.3 Å². The lowest BCUT2D eigenvalue weighted by Crippen LogP contribution is -2.13. The Balaban J connectivity index is 1.81. The van der Waals surface area contributed by atoms with Crippen LogP contribution in [0.2, 0.25) is 0 Å². The van der Waals surface area contributed by atoms with Gasteiger partial charge < -0.3 is 10.3 Å². The summed E-state index contributed by atoms with van der Waals surface area (Å²) in [6, 6.07) is 0. The van der Waals surface area contributed by atoms with Crippen molar-refractivity contribution in [3.63, 3.8) is 0 Å². The highest BCUT2D eigenvalue weighted by atomic mass is 32.1. The lowest BCUT2D eigenvalue weighted by molar-refractivity contribution is 0.669. The van der Waals surface area contributed by atoms with Crippen molar-refractivity contribution < 1.29 is 0 Å². The first-order valence-electron chi connectivity index (χ1n) is 4.43. The maximum atomic E-state index is 4.20. The molecule has 14 heavy (non-hydrogen) atoms. The number of H-pyrrole nitrogens is 1. The van der Waals surface area contributed by atoms with E-state index in [1.807, 2.05) is 17.8 Å². The van der Waals surface area contributed by atoms with E-state index in [1.54, 1.807) is 17.7 Å². The summed E-state index contributed by atoms with van der Waals surface area (Å²) in [5.74, 6) is 0. The predicted molar refractivity (Wildman–Crippen MR) is 56.0 cm³/mol. The first kappa shape index (κ1) is 9.36. The standard InChI is InChI=1S/C9H12N4S/c1-7-9(12-5-11-7)3-10-2-8-4-14-6-13-8/h4-6,10H,2-3H2,1H3,(H,11,12). The molecule has 2 aromatic rings. The summed E-state index contributed by atoms with van der Waals surface area (Å²) in [6.07, 6.45) is 1.72. The lowest BCUT2D eigenvalue weighted by atomic mass is 10.3. The van der Waals surface area contributed by atoms with Crippen molar-refractivity contribution in [2.45, 2.75) is 20.0 Å². The molecule has 0 saturated carbocycles. The summed E-state index contributed by atoms with van der Waals surface area (Å²) in [6.45, 7) is 3.61. The van der Waals surface area contributed by atoms with E-state index < -0.39 is 0 Å². The van der Waals surface area contributed by atoms with Crippen molar-refractivity contribution in [2.75, 3.05) is 0 Å². The van der Waals surface area contributed by atoms with Crippen LogP contribution in [-0.4, -0.2) is 15.0 Å². The summed E-state index contributed by atoms with van der Waals surface area (Å²) in [5.41, 5.74) is 5.12. The van der Waals surface area contributed by atoms with Crippen molar-refractivity contribution in [1.29, 1.82) is 0 Å². The summed E-state index contributed by atoms with van der Waals surface area (Å²) in [4.78, 5) is 11.4. The molecule has 0 atom stereocenters. The van der Waals surface area contributed by atoms with Gasteiger partial charge >= 0.3 is 0 Å². The number of thiazole rings is 1. The summed E-state index contributed by atoms with van der Waals surface area (Å²) in [7, 11) is 0. The highest BCUT2D eigenvalue weighted by Crippen LogP contribution is 2.02. The molecule has 2 heterocycles. The summed E-state index contributed by atoms with van der Waals surface area (Å²) < 4.78 is 0. The van der Waals surface area contributed by atoms with E-state index in [9.17, 15) is 0 Å². The zero-order valence-electron chi connectivity index (χ0n) is 7.95. The largest absolute Gasteiger partial charge is 0.348 e. The molecule has 2 N–H and O–H groups in total. The van der Waals surface area contributed by atoms with E-state index in [-0.39, 0.29) is 0 Å². The number of aromatic amines is 1. The topological polar surface area (TPSA) is 53.6 Å². The van der Waals surface area contributed by atoms with E-state index in [0.29, 0.717) is 0 Å². The first-order chi connectivity index (χ1) is 6.86. The highest BCUT2D eigenvalue weighted by Gasteiger charge is 2.00. The Hall–Kier alpha value is -1.20. The monoisotopic (exact) mass is 208 g/mol. The van der Waals surface area contributed by atoms with Gasteiger partial charge in [-0.1, -0.05) is 0 Å². The number of nitrogens with one attached hydrogen (secondary N) is 2. The molecule has 2 aromatic heterocycles. The van der Waals surface area contributed by atoms with Crippen molar-refractivity contribution in [3.8, 4) is 0 Å². The molecule has 5 heteroatoms. The van der Waals surface area contributed by atoms with Crippen LogP contribution in [0.3, 0.4) is 0 Å². The highest BCUT2D eigenvalue weighted by molar-refractivity contribution is 7.07. The van der Waals surface area contributed by atoms with Crippen LogP contribution in [-0.2, 0) is 13.1 Å². The fourth-order valence-corrected chi connectivity index (χ4v) is 1.76.